The van der Waals surface area contributed by atoms with Crippen molar-refractivity contribution in [2.45, 2.75) is 19.3 Å². The Morgan fingerprint density at radius 2 is 2.00 bits per heavy atom. The molecule has 1 fully saturated rings. The highest BCUT2D eigenvalue weighted by atomic mass is 35.5. The van der Waals surface area contributed by atoms with Gasteiger partial charge < -0.3 is 20.3 Å². The SMILES string of the molecule is O=C1C[C@@H]2CCN(C(=O)Nc3cccc(Cl)c3)C[C@@H]2CCOc2ccccc2N1. The zero-order valence-corrected chi connectivity index (χ0v) is 16.8. The second-order valence-electron chi connectivity index (χ2n) is 7.58. The number of hydrogen-bond donors (Lipinski definition) is 2. The first-order valence-electron chi connectivity index (χ1n) is 9.91. The molecule has 2 N–H and O–H groups in total. The molecule has 2 atom stereocenters. The first kappa shape index (κ1) is 19.6. The summed E-state index contributed by atoms with van der Waals surface area (Å²) in [5.41, 5.74) is 1.39. The number of carbonyl (C=O) groups excluding carboxylic acids is 2. The van der Waals surface area contributed by atoms with Gasteiger partial charge in [0.1, 0.15) is 5.75 Å². The van der Waals surface area contributed by atoms with Crippen LogP contribution in [0.4, 0.5) is 16.2 Å². The van der Waals surface area contributed by atoms with Crippen molar-refractivity contribution < 1.29 is 14.3 Å². The Hall–Kier alpha value is -2.73. The Labute approximate surface area is 175 Å². The highest BCUT2D eigenvalue weighted by molar-refractivity contribution is 6.30. The average molecular weight is 414 g/mol. The van der Waals surface area contributed by atoms with Crippen LogP contribution in [-0.4, -0.2) is 36.5 Å². The summed E-state index contributed by atoms with van der Waals surface area (Å²) in [5, 5.41) is 6.46. The Bertz CT molecular complexity index is 904. The maximum atomic E-state index is 12.7. The van der Waals surface area contributed by atoms with Crippen molar-refractivity contribution in [3.05, 3.63) is 53.6 Å². The van der Waals surface area contributed by atoms with Crippen LogP contribution >= 0.6 is 11.6 Å². The van der Waals surface area contributed by atoms with Crippen LogP contribution in [0.1, 0.15) is 19.3 Å². The summed E-state index contributed by atoms with van der Waals surface area (Å²) in [6, 6.07) is 14.5. The van der Waals surface area contributed by atoms with Crippen LogP contribution in [-0.2, 0) is 4.79 Å². The molecule has 4 rings (SSSR count). The lowest BCUT2D eigenvalue weighted by Crippen LogP contribution is -2.46. The molecule has 0 aromatic heterocycles. The molecule has 0 saturated carbocycles. The lowest BCUT2D eigenvalue weighted by Gasteiger charge is -2.39. The molecule has 6 nitrogen and oxygen atoms in total. The van der Waals surface area contributed by atoms with Gasteiger partial charge in [0.2, 0.25) is 5.91 Å². The fraction of sp³-hybridized carbons (Fsp3) is 0.364. The number of ether oxygens (including phenoxy) is 1. The largest absolute Gasteiger partial charge is 0.491 e. The van der Waals surface area contributed by atoms with E-state index >= 15 is 0 Å². The zero-order valence-electron chi connectivity index (χ0n) is 16.1. The standard InChI is InChI=1S/C22H24ClN3O3/c23-17-4-3-5-18(13-17)24-22(28)26-10-8-15-12-21(27)25-19-6-1-2-7-20(19)29-11-9-16(15)14-26/h1-7,13,15-16H,8-12,14H2,(H,24,28)(H,25,27)/t15-,16-/m0/s1. The van der Waals surface area contributed by atoms with Crippen molar-refractivity contribution in [1.29, 1.82) is 0 Å². The van der Waals surface area contributed by atoms with Gasteiger partial charge in [0, 0.05) is 30.2 Å². The van der Waals surface area contributed by atoms with Crippen LogP contribution in [0.25, 0.3) is 0 Å². The number of nitrogens with one attached hydrogen (secondary N) is 2. The van der Waals surface area contributed by atoms with Crippen LogP contribution in [0.3, 0.4) is 0 Å². The van der Waals surface area contributed by atoms with E-state index in [-0.39, 0.29) is 23.8 Å². The van der Waals surface area contributed by atoms with Gasteiger partial charge in [0.25, 0.3) is 0 Å². The number of nitrogens with zero attached hydrogens (tertiary/aromatic N) is 1. The molecule has 0 spiro atoms. The van der Waals surface area contributed by atoms with E-state index < -0.39 is 0 Å². The fourth-order valence-corrected chi connectivity index (χ4v) is 4.28. The van der Waals surface area contributed by atoms with Crippen LogP contribution in [0.15, 0.2) is 48.5 Å². The maximum Gasteiger partial charge on any atom is 0.321 e. The van der Waals surface area contributed by atoms with Gasteiger partial charge in [-0.2, -0.15) is 0 Å². The van der Waals surface area contributed by atoms with Crippen molar-refractivity contribution in [2.24, 2.45) is 11.8 Å². The highest BCUT2D eigenvalue weighted by Crippen LogP contribution is 2.33. The Kier molecular flexibility index (Phi) is 5.90. The minimum atomic E-state index is -0.140. The number of halogens is 1. The number of anilines is 2. The van der Waals surface area contributed by atoms with E-state index in [2.05, 4.69) is 10.6 Å². The van der Waals surface area contributed by atoms with E-state index in [1.54, 1.807) is 18.2 Å². The third-order valence-corrected chi connectivity index (χ3v) is 5.84. The van der Waals surface area contributed by atoms with Gasteiger partial charge in [-0.25, -0.2) is 4.79 Å². The summed E-state index contributed by atoms with van der Waals surface area (Å²) in [4.78, 5) is 27.1. The third kappa shape index (κ3) is 4.82. The Morgan fingerprint density at radius 1 is 1.14 bits per heavy atom. The smallest absolute Gasteiger partial charge is 0.321 e. The number of urea groups is 1. The van der Waals surface area contributed by atoms with Gasteiger partial charge in [0.05, 0.1) is 12.3 Å². The molecule has 3 amide bonds. The van der Waals surface area contributed by atoms with Gasteiger partial charge in [-0.15, -0.1) is 0 Å². The molecule has 2 aliphatic heterocycles. The molecule has 152 valence electrons. The molecule has 7 heteroatoms. The number of likely N-dealkylation sites (tertiary alicyclic amines) is 1. The minimum Gasteiger partial charge on any atom is -0.491 e. The second-order valence-corrected chi connectivity index (χ2v) is 8.02. The summed E-state index contributed by atoms with van der Waals surface area (Å²) >= 11 is 6.00. The predicted molar refractivity (Wildman–Crippen MR) is 113 cm³/mol. The normalized spacial score (nSPS) is 21.8. The predicted octanol–water partition coefficient (Wildman–Crippen LogP) is 4.62. The number of amides is 3. The van der Waals surface area contributed by atoms with Gasteiger partial charge in [-0.3, -0.25) is 4.79 Å². The quantitative estimate of drug-likeness (QED) is 0.716. The van der Waals surface area contributed by atoms with E-state index in [0.717, 1.165) is 12.8 Å². The van der Waals surface area contributed by atoms with E-state index in [0.29, 0.717) is 48.3 Å². The van der Waals surface area contributed by atoms with E-state index in [1.165, 1.54) is 0 Å². The monoisotopic (exact) mass is 413 g/mol. The number of benzene rings is 2. The molecular weight excluding hydrogens is 390 g/mol. The number of hydrogen-bond acceptors (Lipinski definition) is 3. The average Bonchev–Trinajstić information content (AvgIpc) is 2.70. The van der Waals surface area contributed by atoms with Crippen molar-refractivity contribution in [1.82, 2.24) is 4.90 Å². The highest BCUT2D eigenvalue weighted by Gasteiger charge is 2.33. The summed E-state index contributed by atoms with van der Waals surface area (Å²) in [6.07, 6.45) is 2.05. The number of fused-ring (bicyclic) bond motifs is 2. The molecule has 2 aromatic rings. The van der Waals surface area contributed by atoms with Gasteiger partial charge in [-0.05, 0) is 55.0 Å². The van der Waals surface area contributed by atoms with Gasteiger partial charge in [0.15, 0.2) is 0 Å². The second kappa shape index (κ2) is 8.74. The maximum absolute atomic E-state index is 12.7. The lowest BCUT2D eigenvalue weighted by molar-refractivity contribution is -0.118. The summed E-state index contributed by atoms with van der Waals surface area (Å²) in [5.74, 6) is 1.13. The van der Waals surface area contributed by atoms with Gasteiger partial charge >= 0.3 is 6.03 Å². The van der Waals surface area contributed by atoms with Crippen LogP contribution in [0, 0.1) is 11.8 Å². The molecule has 1 saturated heterocycles. The molecule has 0 bridgehead atoms. The number of piperidine rings is 1. The van der Waals surface area contributed by atoms with Crippen LogP contribution in [0.5, 0.6) is 5.75 Å². The number of rotatable bonds is 1. The molecule has 0 radical (unpaired) electrons. The molecule has 2 aliphatic rings. The molecular formula is C22H24ClN3O3. The van der Waals surface area contributed by atoms with Crippen LogP contribution < -0.4 is 15.4 Å². The van der Waals surface area contributed by atoms with Crippen molar-refractivity contribution >= 4 is 34.9 Å². The van der Waals surface area contributed by atoms with Crippen molar-refractivity contribution in [3.63, 3.8) is 0 Å². The topological polar surface area (TPSA) is 70.7 Å². The van der Waals surface area contributed by atoms with Crippen molar-refractivity contribution in [2.75, 3.05) is 30.3 Å². The molecule has 0 unspecified atom stereocenters. The molecule has 29 heavy (non-hydrogen) atoms. The van der Waals surface area contributed by atoms with Crippen molar-refractivity contribution in [3.8, 4) is 5.75 Å². The van der Waals surface area contributed by atoms with E-state index in [9.17, 15) is 9.59 Å². The third-order valence-electron chi connectivity index (χ3n) is 5.61. The number of para-hydroxylation sites is 2. The Balaban J connectivity index is 1.43. The first-order valence-corrected chi connectivity index (χ1v) is 10.3. The lowest BCUT2D eigenvalue weighted by atomic mass is 9.81. The summed E-state index contributed by atoms with van der Waals surface area (Å²) < 4.78 is 5.92. The molecule has 2 aromatic carbocycles. The summed E-state index contributed by atoms with van der Waals surface area (Å²) in [7, 11) is 0. The van der Waals surface area contributed by atoms with Crippen LogP contribution in [0.2, 0.25) is 5.02 Å². The fourth-order valence-electron chi connectivity index (χ4n) is 4.09. The summed E-state index contributed by atoms with van der Waals surface area (Å²) in [6.45, 7) is 1.78. The molecule has 2 heterocycles. The number of carbonyl (C=O) groups is 2. The first-order chi connectivity index (χ1) is 14.1. The Morgan fingerprint density at radius 3 is 2.86 bits per heavy atom. The zero-order chi connectivity index (χ0) is 20.2. The van der Waals surface area contributed by atoms with Gasteiger partial charge in [-0.1, -0.05) is 29.8 Å². The minimum absolute atomic E-state index is 0.00483. The van der Waals surface area contributed by atoms with E-state index in [4.69, 9.17) is 16.3 Å². The van der Waals surface area contributed by atoms with E-state index in [1.807, 2.05) is 35.2 Å². The molecule has 0 aliphatic carbocycles.